The van der Waals surface area contributed by atoms with Crippen LogP contribution in [0, 0.1) is 0 Å². The number of nitrogens with zero attached hydrogens (tertiary/aromatic N) is 3. The lowest BCUT2D eigenvalue weighted by atomic mass is 10.1. The lowest BCUT2D eigenvalue weighted by Gasteiger charge is -2.26. The minimum Gasteiger partial charge on any atom is -0.454 e. The first kappa shape index (κ1) is 18.8. The fourth-order valence-corrected chi connectivity index (χ4v) is 3.41. The summed E-state index contributed by atoms with van der Waals surface area (Å²) in [6.45, 7) is 5.29. The third kappa shape index (κ3) is 4.13. The van der Waals surface area contributed by atoms with Gasteiger partial charge in [0.05, 0.1) is 19.6 Å². The molecule has 2 aliphatic heterocycles. The second kappa shape index (κ2) is 7.44. The molecule has 1 unspecified atom stereocenters. The Kier molecular flexibility index (Phi) is 4.99. The summed E-state index contributed by atoms with van der Waals surface area (Å²) in [5.74, 6) is 1.57. The Morgan fingerprint density at radius 3 is 2.86 bits per heavy atom. The molecule has 28 heavy (non-hydrogen) atoms. The highest BCUT2D eigenvalue weighted by molar-refractivity contribution is 5.79. The van der Waals surface area contributed by atoms with Crippen molar-refractivity contribution in [2.45, 2.75) is 38.7 Å². The van der Waals surface area contributed by atoms with E-state index >= 15 is 0 Å². The normalized spacial score (nSPS) is 19.8. The highest BCUT2D eigenvalue weighted by Crippen LogP contribution is 2.32. The molecule has 0 bridgehead atoms. The molecule has 2 aliphatic rings. The van der Waals surface area contributed by atoms with E-state index in [0.29, 0.717) is 31.2 Å². The maximum Gasteiger partial charge on any atom is 0.231 e. The van der Waals surface area contributed by atoms with Gasteiger partial charge in [-0.05, 0) is 31.5 Å². The van der Waals surface area contributed by atoms with Gasteiger partial charge in [-0.2, -0.15) is 0 Å². The predicted molar refractivity (Wildman–Crippen MR) is 99.8 cm³/mol. The maximum absolute atomic E-state index is 13.1. The molecule has 1 aromatic heterocycles. The summed E-state index contributed by atoms with van der Waals surface area (Å²) < 4.78 is 24.2. The average molecular weight is 387 g/mol. The van der Waals surface area contributed by atoms with E-state index in [2.05, 4.69) is 4.98 Å². The molecule has 1 aromatic carbocycles. The van der Waals surface area contributed by atoms with Crippen LogP contribution < -0.4 is 9.47 Å². The van der Waals surface area contributed by atoms with Crippen molar-refractivity contribution in [3.8, 4) is 11.5 Å². The zero-order valence-corrected chi connectivity index (χ0v) is 16.4. The fourth-order valence-electron chi connectivity index (χ4n) is 3.41. The van der Waals surface area contributed by atoms with Crippen LogP contribution in [0.2, 0.25) is 0 Å². The molecule has 0 spiro atoms. The third-order valence-corrected chi connectivity index (χ3v) is 4.89. The summed E-state index contributed by atoms with van der Waals surface area (Å²) in [5.41, 5.74) is 0.878. The number of ether oxygens (including phenoxy) is 4. The van der Waals surface area contributed by atoms with Gasteiger partial charge in [-0.15, -0.1) is 0 Å². The molecular weight excluding hydrogens is 362 g/mol. The summed E-state index contributed by atoms with van der Waals surface area (Å²) in [6, 6.07) is 5.59. The van der Waals surface area contributed by atoms with E-state index in [-0.39, 0.29) is 25.2 Å². The summed E-state index contributed by atoms with van der Waals surface area (Å²) >= 11 is 0. The molecule has 1 amide bonds. The number of carbonyl (C=O) groups is 1. The Balaban J connectivity index is 1.48. The van der Waals surface area contributed by atoms with Crippen LogP contribution >= 0.6 is 0 Å². The number of amides is 1. The number of rotatable bonds is 6. The van der Waals surface area contributed by atoms with Gasteiger partial charge in [-0.1, -0.05) is 6.07 Å². The molecule has 0 saturated carbocycles. The molecule has 0 N–H and O–H groups in total. The number of carbonyl (C=O) groups excluding carboxylic acids is 1. The molecular formula is C20H25N3O5. The van der Waals surface area contributed by atoms with Gasteiger partial charge in [0.25, 0.3) is 0 Å². The molecule has 0 radical (unpaired) electrons. The molecule has 2 aromatic rings. The van der Waals surface area contributed by atoms with Gasteiger partial charge < -0.3 is 28.4 Å². The van der Waals surface area contributed by atoms with Gasteiger partial charge in [-0.3, -0.25) is 4.79 Å². The average Bonchev–Trinajstić information content (AvgIpc) is 3.35. The van der Waals surface area contributed by atoms with Gasteiger partial charge >= 0.3 is 0 Å². The van der Waals surface area contributed by atoms with E-state index < -0.39 is 5.79 Å². The van der Waals surface area contributed by atoms with E-state index in [0.717, 1.165) is 11.4 Å². The summed E-state index contributed by atoms with van der Waals surface area (Å²) in [6.07, 6.45) is 3.69. The first-order chi connectivity index (χ1) is 13.4. The number of fused-ring (bicyclic) bond motifs is 1. The monoisotopic (exact) mass is 387 g/mol. The largest absolute Gasteiger partial charge is 0.454 e. The first-order valence-corrected chi connectivity index (χ1v) is 9.34. The van der Waals surface area contributed by atoms with Crippen molar-refractivity contribution < 1.29 is 23.7 Å². The Morgan fingerprint density at radius 1 is 1.32 bits per heavy atom. The van der Waals surface area contributed by atoms with Crippen LogP contribution in [0.4, 0.5) is 0 Å². The second-order valence-corrected chi connectivity index (χ2v) is 7.54. The molecule has 8 nitrogen and oxygen atoms in total. The van der Waals surface area contributed by atoms with E-state index in [9.17, 15) is 4.79 Å². The molecule has 3 heterocycles. The Hall–Kier alpha value is -2.58. The van der Waals surface area contributed by atoms with Crippen molar-refractivity contribution in [2.75, 3.05) is 19.9 Å². The van der Waals surface area contributed by atoms with Crippen molar-refractivity contribution in [3.05, 3.63) is 42.0 Å². The molecule has 1 saturated heterocycles. The van der Waals surface area contributed by atoms with Crippen molar-refractivity contribution in [1.29, 1.82) is 0 Å². The van der Waals surface area contributed by atoms with Crippen molar-refractivity contribution in [3.63, 3.8) is 0 Å². The summed E-state index contributed by atoms with van der Waals surface area (Å²) in [4.78, 5) is 19.3. The van der Waals surface area contributed by atoms with Gasteiger partial charge in [0.2, 0.25) is 12.7 Å². The number of aryl methyl sites for hydroxylation is 1. The fraction of sp³-hybridized carbons (Fsp3) is 0.500. The minimum atomic E-state index is -0.625. The lowest BCUT2D eigenvalue weighted by Crippen LogP contribution is -2.40. The van der Waals surface area contributed by atoms with Crippen LogP contribution in [0.3, 0.4) is 0 Å². The topological polar surface area (TPSA) is 75.1 Å². The highest BCUT2D eigenvalue weighted by atomic mass is 16.7. The Bertz CT molecular complexity index is 863. The smallest absolute Gasteiger partial charge is 0.231 e. The zero-order chi connectivity index (χ0) is 19.7. The van der Waals surface area contributed by atoms with Gasteiger partial charge in [0.1, 0.15) is 11.9 Å². The zero-order valence-electron chi connectivity index (χ0n) is 16.4. The molecule has 4 rings (SSSR count). The predicted octanol–water partition coefficient (Wildman–Crippen LogP) is 1.87. The summed E-state index contributed by atoms with van der Waals surface area (Å²) in [7, 11) is 1.92. The van der Waals surface area contributed by atoms with Crippen LogP contribution in [0.1, 0.15) is 25.2 Å². The second-order valence-electron chi connectivity index (χ2n) is 7.54. The van der Waals surface area contributed by atoms with E-state index in [1.165, 1.54) is 0 Å². The van der Waals surface area contributed by atoms with Crippen LogP contribution in [0.5, 0.6) is 11.5 Å². The number of imidazole rings is 1. The molecule has 0 aliphatic carbocycles. The quantitative estimate of drug-likeness (QED) is 0.753. The maximum atomic E-state index is 13.1. The van der Waals surface area contributed by atoms with E-state index in [1.807, 2.05) is 49.9 Å². The van der Waals surface area contributed by atoms with E-state index in [1.54, 1.807) is 11.1 Å². The van der Waals surface area contributed by atoms with Gasteiger partial charge in [0.15, 0.2) is 17.3 Å². The molecule has 150 valence electrons. The third-order valence-electron chi connectivity index (χ3n) is 4.89. The van der Waals surface area contributed by atoms with Gasteiger partial charge in [0, 0.05) is 26.0 Å². The Labute approximate surface area is 164 Å². The van der Waals surface area contributed by atoms with E-state index in [4.69, 9.17) is 18.9 Å². The number of aromatic nitrogens is 2. The molecule has 1 fully saturated rings. The molecule has 8 heteroatoms. The van der Waals surface area contributed by atoms with Crippen molar-refractivity contribution in [2.24, 2.45) is 7.05 Å². The number of hydrogen-bond donors (Lipinski definition) is 0. The number of hydrogen-bond acceptors (Lipinski definition) is 6. The van der Waals surface area contributed by atoms with Crippen LogP contribution in [-0.4, -0.2) is 52.2 Å². The van der Waals surface area contributed by atoms with Crippen molar-refractivity contribution >= 4 is 5.91 Å². The van der Waals surface area contributed by atoms with Crippen LogP contribution in [0.25, 0.3) is 0 Å². The first-order valence-electron chi connectivity index (χ1n) is 9.34. The minimum absolute atomic E-state index is 0.00447. The van der Waals surface area contributed by atoms with Crippen LogP contribution in [0.15, 0.2) is 30.6 Å². The summed E-state index contributed by atoms with van der Waals surface area (Å²) in [5, 5.41) is 0. The Morgan fingerprint density at radius 2 is 2.14 bits per heavy atom. The lowest BCUT2D eigenvalue weighted by molar-refractivity contribution is -0.146. The SMILES string of the molecule is Cn1ccnc1CN(CC1COC(C)(C)O1)C(=O)Cc1ccc2c(c1)OCO2. The van der Waals surface area contributed by atoms with Gasteiger partial charge in [-0.25, -0.2) is 4.98 Å². The van der Waals surface area contributed by atoms with Crippen molar-refractivity contribution in [1.82, 2.24) is 14.5 Å². The number of benzene rings is 1. The highest BCUT2D eigenvalue weighted by Gasteiger charge is 2.34. The molecule has 1 atom stereocenters. The van der Waals surface area contributed by atoms with Crippen LogP contribution in [-0.2, 0) is 34.3 Å². The standard InChI is InChI=1S/C20H25N3O5/c1-20(2)27-12-15(28-20)10-23(11-18-21-6-7-22(18)3)19(24)9-14-4-5-16-17(8-14)26-13-25-16/h4-8,15H,9-13H2,1-3H3.